The van der Waals surface area contributed by atoms with Crippen molar-refractivity contribution in [1.82, 2.24) is 9.62 Å². The molecule has 116 valence electrons. The van der Waals surface area contributed by atoms with Crippen molar-refractivity contribution < 1.29 is 13.2 Å². The molecule has 0 atom stereocenters. The van der Waals surface area contributed by atoms with Crippen LogP contribution < -0.4 is 15.4 Å². The topological polar surface area (TPSA) is 95.7 Å². The standard InChI is InChI=1S/C13H20N4O3S/c1-15-21(19,20)10-4-5-11(14)12(8-10)17-7-3-6-16(2)13(18)9-17/h4-5,8,15H,3,6-7,9,14H2,1-2H3. The third-order valence-corrected chi connectivity index (χ3v) is 5.01. The number of likely N-dealkylation sites (N-methyl/N-ethyl adjacent to an activating group) is 1. The van der Waals surface area contributed by atoms with Crippen LogP contribution in [0.2, 0.25) is 0 Å². The van der Waals surface area contributed by atoms with Gasteiger partial charge < -0.3 is 15.5 Å². The van der Waals surface area contributed by atoms with Crippen LogP contribution in [0.4, 0.5) is 11.4 Å². The summed E-state index contributed by atoms with van der Waals surface area (Å²) in [6, 6.07) is 4.52. The molecule has 3 N–H and O–H groups in total. The lowest BCUT2D eigenvalue weighted by Gasteiger charge is -2.24. The van der Waals surface area contributed by atoms with E-state index in [1.165, 1.54) is 19.2 Å². The van der Waals surface area contributed by atoms with Gasteiger partial charge in [0.05, 0.1) is 22.8 Å². The van der Waals surface area contributed by atoms with E-state index in [1.54, 1.807) is 18.0 Å². The van der Waals surface area contributed by atoms with Crippen molar-refractivity contribution in [2.45, 2.75) is 11.3 Å². The molecular weight excluding hydrogens is 292 g/mol. The SMILES string of the molecule is CNS(=O)(=O)c1ccc(N)c(N2CCCN(C)C(=O)C2)c1. The van der Waals surface area contributed by atoms with Gasteiger partial charge in [-0.25, -0.2) is 13.1 Å². The van der Waals surface area contributed by atoms with Crippen molar-refractivity contribution in [2.75, 3.05) is 44.4 Å². The first kappa shape index (κ1) is 15.6. The Kier molecular flexibility index (Phi) is 4.38. The predicted octanol–water partition coefficient (Wildman–Crippen LogP) is -0.155. The first-order valence-electron chi connectivity index (χ1n) is 6.67. The molecule has 0 aliphatic carbocycles. The Morgan fingerprint density at radius 1 is 1.29 bits per heavy atom. The highest BCUT2D eigenvalue weighted by molar-refractivity contribution is 7.89. The van der Waals surface area contributed by atoms with E-state index in [-0.39, 0.29) is 17.3 Å². The third-order valence-electron chi connectivity index (χ3n) is 3.60. The summed E-state index contributed by atoms with van der Waals surface area (Å²) in [5, 5.41) is 0. The molecular formula is C13H20N4O3S. The predicted molar refractivity (Wildman–Crippen MR) is 81.6 cm³/mol. The van der Waals surface area contributed by atoms with Crippen LogP contribution in [0.3, 0.4) is 0 Å². The van der Waals surface area contributed by atoms with E-state index < -0.39 is 10.0 Å². The maximum absolute atomic E-state index is 12.0. The fourth-order valence-corrected chi connectivity index (χ4v) is 3.02. The number of rotatable bonds is 3. The number of hydrogen-bond acceptors (Lipinski definition) is 5. The maximum atomic E-state index is 12.0. The summed E-state index contributed by atoms with van der Waals surface area (Å²) in [6.07, 6.45) is 0.810. The van der Waals surface area contributed by atoms with Gasteiger partial charge in [-0.05, 0) is 31.7 Å². The molecule has 1 saturated heterocycles. The summed E-state index contributed by atoms with van der Waals surface area (Å²) >= 11 is 0. The molecule has 7 nitrogen and oxygen atoms in total. The maximum Gasteiger partial charge on any atom is 0.241 e. The zero-order chi connectivity index (χ0) is 15.6. The minimum Gasteiger partial charge on any atom is -0.397 e. The number of anilines is 2. The van der Waals surface area contributed by atoms with Crippen LogP contribution in [-0.4, -0.2) is 53.0 Å². The van der Waals surface area contributed by atoms with Crippen LogP contribution in [0.15, 0.2) is 23.1 Å². The van der Waals surface area contributed by atoms with Gasteiger partial charge in [-0.1, -0.05) is 0 Å². The number of benzene rings is 1. The van der Waals surface area contributed by atoms with Gasteiger partial charge in [-0.2, -0.15) is 0 Å². The quantitative estimate of drug-likeness (QED) is 0.757. The van der Waals surface area contributed by atoms with Crippen LogP contribution in [0.5, 0.6) is 0 Å². The molecule has 1 amide bonds. The van der Waals surface area contributed by atoms with E-state index in [4.69, 9.17) is 5.73 Å². The van der Waals surface area contributed by atoms with E-state index in [0.29, 0.717) is 24.5 Å². The summed E-state index contributed by atoms with van der Waals surface area (Å²) in [7, 11) is -0.419. The molecule has 0 bridgehead atoms. The molecule has 2 rings (SSSR count). The lowest BCUT2D eigenvalue weighted by molar-refractivity contribution is -0.127. The largest absolute Gasteiger partial charge is 0.397 e. The van der Waals surface area contributed by atoms with Crippen LogP contribution in [0, 0.1) is 0 Å². The molecule has 0 aromatic heterocycles. The lowest BCUT2D eigenvalue weighted by atomic mass is 10.2. The fourth-order valence-electron chi connectivity index (χ4n) is 2.27. The molecule has 1 aliphatic rings. The number of nitrogens with one attached hydrogen (secondary N) is 1. The van der Waals surface area contributed by atoms with Crippen LogP contribution in [-0.2, 0) is 14.8 Å². The summed E-state index contributed by atoms with van der Waals surface area (Å²) in [5.74, 6) is -0.00576. The molecule has 1 heterocycles. The molecule has 0 saturated carbocycles. The number of nitrogen functional groups attached to an aromatic ring is 1. The number of amides is 1. The van der Waals surface area contributed by atoms with E-state index in [9.17, 15) is 13.2 Å². The zero-order valence-electron chi connectivity index (χ0n) is 12.2. The number of hydrogen-bond donors (Lipinski definition) is 2. The highest BCUT2D eigenvalue weighted by atomic mass is 32.2. The fraction of sp³-hybridized carbons (Fsp3) is 0.462. The van der Waals surface area contributed by atoms with Crippen LogP contribution in [0.25, 0.3) is 0 Å². The number of nitrogens with two attached hydrogens (primary N) is 1. The molecule has 1 aromatic rings. The van der Waals surface area contributed by atoms with Crippen molar-refractivity contribution in [3.05, 3.63) is 18.2 Å². The van der Waals surface area contributed by atoms with Gasteiger partial charge in [0.25, 0.3) is 0 Å². The Hall–Kier alpha value is -1.80. The first-order valence-corrected chi connectivity index (χ1v) is 8.15. The highest BCUT2D eigenvalue weighted by Crippen LogP contribution is 2.27. The summed E-state index contributed by atoms with van der Waals surface area (Å²) in [4.78, 5) is 15.6. The second kappa shape index (κ2) is 5.90. The van der Waals surface area contributed by atoms with E-state index >= 15 is 0 Å². The van der Waals surface area contributed by atoms with E-state index in [2.05, 4.69) is 4.72 Å². The Morgan fingerprint density at radius 3 is 2.67 bits per heavy atom. The van der Waals surface area contributed by atoms with Crippen molar-refractivity contribution in [3.63, 3.8) is 0 Å². The molecule has 1 aromatic carbocycles. The van der Waals surface area contributed by atoms with Gasteiger partial charge in [0.1, 0.15) is 0 Å². The average Bonchev–Trinajstić information content (AvgIpc) is 2.61. The molecule has 1 aliphatic heterocycles. The van der Waals surface area contributed by atoms with Gasteiger partial charge >= 0.3 is 0 Å². The Labute approximate surface area is 124 Å². The molecule has 0 unspecified atom stereocenters. The van der Waals surface area contributed by atoms with Crippen LogP contribution >= 0.6 is 0 Å². The second-order valence-electron chi connectivity index (χ2n) is 5.02. The average molecular weight is 312 g/mol. The van der Waals surface area contributed by atoms with Gasteiger partial charge in [-0.15, -0.1) is 0 Å². The monoisotopic (exact) mass is 312 g/mol. The Balaban J connectivity index is 2.39. The Morgan fingerprint density at radius 2 is 2.00 bits per heavy atom. The number of carbonyl (C=O) groups excluding carboxylic acids is 1. The van der Waals surface area contributed by atoms with E-state index in [1.807, 2.05) is 4.90 Å². The minimum absolute atomic E-state index is 0.00576. The summed E-state index contributed by atoms with van der Waals surface area (Å²) < 4.78 is 26.0. The van der Waals surface area contributed by atoms with E-state index in [0.717, 1.165) is 6.42 Å². The molecule has 8 heteroatoms. The lowest BCUT2D eigenvalue weighted by Crippen LogP contribution is -2.34. The minimum atomic E-state index is -3.54. The third kappa shape index (κ3) is 3.27. The van der Waals surface area contributed by atoms with Gasteiger partial charge in [0, 0.05) is 20.1 Å². The van der Waals surface area contributed by atoms with Gasteiger partial charge in [-0.3, -0.25) is 4.79 Å². The van der Waals surface area contributed by atoms with Crippen molar-refractivity contribution in [3.8, 4) is 0 Å². The molecule has 21 heavy (non-hydrogen) atoms. The summed E-state index contributed by atoms with van der Waals surface area (Å²) in [5.41, 5.74) is 6.99. The van der Waals surface area contributed by atoms with Crippen molar-refractivity contribution in [2.24, 2.45) is 0 Å². The molecule has 0 spiro atoms. The van der Waals surface area contributed by atoms with Crippen molar-refractivity contribution in [1.29, 1.82) is 0 Å². The van der Waals surface area contributed by atoms with Gasteiger partial charge in [0.15, 0.2) is 0 Å². The number of carbonyl (C=O) groups is 1. The van der Waals surface area contributed by atoms with Crippen molar-refractivity contribution >= 4 is 27.3 Å². The second-order valence-corrected chi connectivity index (χ2v) is 6.91. The normalized spacial score (nSPS) is 17.0. The zero-order valence-corrected chi connectivity index (χ0v) is 13.0. The summed E-state index contributed by atoms with van der Waals surface area (Å²) in [6.45, 7) is 1.54. The highest BCUT2D eigenvalue weighted by Gasteiger charge is 2.22. The smallest absolute Gasteiger partial charge is 0.241 e. The number of nitrogens with zero attached hydrogens (tertiary/aromatic N) is 2. The number of sulfonamides is 1. The first-order chi connectivity index (χ1) is 9.85. The molecule has 0 radical (unpaired) electrons. The van der Waals surface area contributed by atoms with Gasteiger partial charge in [0.2, 0.25) is 15.9 Å². The van der Waals surface area contributed by atoms with Crippen LogP contribution in [0.1, 0.15) is 6.42 Å². The molecule has 1 fully saturated rings. The Bertz CT molecular complexity index is 645.